The van der Waals surface area contributed by atoms with E-state index in [0.717, 1.165) is 16.9 Å². The fraction of sp³-hybridized carbons (Fsp3) is 0.250. The quantitative estimate of drug-likeness (QED) is 0.686. The van der Waals surface area contributed by atoms with Crippen LogP contribution in [0.4, 0.5) is 0 Å². The van der Waals surface area contributed by atoms with Crippen molar-refractivity contribution >= 4 is 0 Å². The molecule has 3 rings (SSSR count). The van der Waals surface area contributed by atoms with E-state index >= 15 is 0 Å². The molecule has 0 saturated carbocycles. The molecule has 3 aromatic rings. The number of aryl methyl sites for hydroxylation is 1. The zero-order valence-corrected chi connectivity index (χ0v) is 14.4. The highest BCUT2D eigenvalue weighted by Crippen LogP contribution is 2.25. The van der Waals surface area contributed by atoms with Crippen molar-refractivity contribution in [2.24, 2.45) is 0 Å². The molecule has 0 radical (unpaired) electrons. The summed E-state index contributed by atoms with van der Waals surface area (Å²) in [6.45, 7) is 4.78. The van der Waals surface area contributed by atoms with Crippen LogP contribution in [0.5, 0.6) is 11.5 Å². The third-order valence-corrected chi connectivity index (χ3v) is 3.95. The van der Waals surface area contributed by atoms with Crippen LogP contribution in [0.3, 0.4) is 0 Å². The summed E-state index contributed by atoms with van der Waals surface area (Å²) < 4.78 is 11.1. The number of hydrogen-bond acceptors (Lipinski definition) is 5. The molecule has 2 aromatic heterocycles. The van der Waals surface area contributed by atoms with Crippen molar-refractivity contribution in [3.8, 4) is 11.5 Å². The molecule has 0 aliphatic rings. The average molecular weight is 338 g/mol. The lowest BCUT2D eigenvalue weighted by Gasteiger charge is -2.21. The van der Waals surface area contributed by atoms with Gasteiger partial charge in [-0.3, -0.25) is 4.98 Å². The van der Waals surface area contributed by atoms with Gasteiger partial charge in [-0.05, 0) is 55.3 Å². The minimum Gasteiger partial charge on any atom is -0.466 e. The molecule has 2 heterocycles. The molecule has 130 valence electrons. The van der Waals surface area contributed by atoms with Crippen LogP contribution in [-0.2, 0) is 12.1 Å². The van der Waals surface area contributed by atoms with Crippen molar-refractivity contribution in [2.75, 3.05) is 6.54 Å². The predicted molar refractivity (Wildman–Crippen MR) is 95.5 cm³/mol. The first-order valence-electron chi connectivity index (χ1n) is 8.19. The largest absolute Gasteiger partial charge is 0.466 e. The van der Waals surface area contributed by atoms with Crippen molar-refractivity contribution < 1.29 is 14.3 Å². The summed E-state index contributed by atoms with van der Waals surface area (Å²) in [5.41, 5.74) is 1.12. The van der Waals surface area contributed by atoms with Crippen molar-refractivity contribution in [3.05, 3.63) is 78.0 Å². The van der Waals surface area contributed by atoms with Gasteiger partial charge in [-0.25, -0.2) is 0 Å². The lowest BCUT2D eigenvalue weighted by molar-refractivity contribution is 0.0340. The summed E-state index contributed by atoms with van der Waals surface area (Å²) in [4.78, 5) is 4.05. The minimum absolute atomic E-state index is 0.396. The summed E-state index contributed by atoms with van der Waals surface area (Å²) in [6.07, 6.45) is 4.96. The monoisotopic (exact) mass is 338 g/mol. The van der Waals surface area contributed by atoms with E-state index in [2.05, 4.69) is 16.4 Å². The number of nitrogens with one attached hydrogen (secondary N) is 1. The van der Waals surface area contributed by atoms with Crippen LogP contribution in [0, 0.1) is 6.92 Å². The van der Waals surface area contributed by atoms with Crippen LogP contribution in [0.2, 0.25) is 0 Å². The van der Waals surface area contributed by atoms with Crippen LogP contribution >= 0.6 is 0 Å². The van der Waals surface area contributed by atoms with Crippen LogP contribution in [0.25, 0.3) is 0 Å². The van der Waals surface area contributed by atoms with Gasteiger partial charge < -0.3 is 19.6 Å². The third kappa shape index (κ3) is 4.47. The normalized spacial score (nSPS) is 13.4. The number of aliphatic hydroxyl groups is 1. The van der Waals surface area contributed by atoms with E-state index in [9.17, 15) is 5.11 Å². The van der Waals surface area contributed by atoms with Gasteiger partial charge >= 0.3 is 0 Å². The summed E-state index contributed by atoms with van der Waals surface area (Å²) >= 11 is 0. The first-order valence-corrected chi connectivity index (χ1v) is 8.19. The van der Waals surface area contributed by atoms with Crippen molar-refractivity contribution in [1.82, 2.24) is 10.3 Å². The van der Waals surface area contributed by atoms with Crippen LogP contribution in [0.1, 0.15) is 23.8 Å². The molecule has 5 heteroatoms. The van der Waals surface area contributed by atoms with Crippen molar-refractivity contribution in [3.63, 3.8) is 0 Å². The summed E-state index contributed by atoms with van der Waals surface area (Å²) in [5, 5.41) is 13.7. The highest BCUT2D eigenvalue weighted by atomic mass is 16.5. The maximum absolute atomic E-state index is 10.4. The molecule has 5 nitrogen and oxygen atoms in total. The molecule has 0 spiro atoms. The molecule has 0 amide bonds. The average Bonchev–Trinajstić information content (AvgIpc) is 3.14. The zero-order valence-electron chi connectivity index (χ0n) is 14.4. The number of furan rings is 1. The standard InChI is InChI=1S/C20H22N2O3/c1-15-11-16(7-8-18(15)25-17-5-3-9-21-13-17)12-22-14-20(2,23)19-6-4-10-24-19/h3-11,13,22-23H,12,14H2,1-2H3. The van der Waals surface area contributed by atoms with E-state index < -0.39 is 5.60 Å². The Morgan fingerprint density at radius 3 is 2.80 bits per heavy atom. The number of benzene rings is 1. The van der Waals surface area contributed by atoms with Crippen molar-refractivity contribution in [1.29, 1.82) is 0 Å². The highest BCUT2D eigenvalue weighted by Gasteiger charge is 2.25. The topological polar surface area (TPSA) is 67.5 Å². The lowest BCUT2D eigenvalue weighted by Crippen LogP contribution is -2.34. The summed E-state index contributed by atoms with van der Waals surface area (Å²) in [5.74, 6) is 2.07. The first kappa shape index (κ1) is 17.2. The Labute approximate surface area is 147 Å². The Kier molecular flexibility index (Phi) is 5.16. The fourth-order valence-electron chi connectivity index (χ4n) is 2.59. The SMILES string of the molecule is Cc1cc(CNCC(C)(O)c2ccco2)ccc1Oc1cccnc1. The second-order valence-corrected chi connectivity index (χ2v) is 6.25. The number of hydrogen-bond donors (Lipinski definition) is 2. The van der Waals surface area contributed by atoms with E-state index in [0.29, 0.717) is 24.6 Å². The molecule has 0 bridgehead atoms. The van der Waals surface area contributed by atoms with Gasteiger partial charge in [0.25, 0.3) is 0 Å². The lowest BCUT2D eigenvalue weighted by atomic mass is 10.0. The van der Waals surface area contributed by atoms with Gasteiger partial charge in [0.2, 0.25) is 0 Å². The van der Waals surface area contributed by atoms with Crippen LogP contribution in [-0.4, -0.2) is 16.6 Å². The van der Waals surface area contributed by atoms with Gasteiger partial charge in [-0.1, -0.05) is 12.1 Å². The number of pyridine rings is 1. The van der Waals surface area contributed by atoms with Crippen LogP contribution in [0.15, 0.2) is 65.5 Å². The molecule has 0 aliphatic heterocycles. The number of ether oxygens (including phenoxy) is 1. The summed E-state index contributed by atoms with van der Waals surface area (Å²) in [6, 6.07) is 13.3. The Bertz CT molecular complexity index is 799. The Morgan fingerprint density at radius 2 is 2.12 bits per heavy atom. The Balaban J connectivity index is 1.58. The predicted octanol–water partition coefficient (Wildman–Crippen LogP) is 3.77. The minimum atomic E-state index is -1.04. The molecule has 0 saturated heterocycles. The smallest absolute Gasteiger partial charge is 0.145 e. The van der Waals surface area contributed by atoms with Gasteiger partial charge in [0, 0.05) is 19.3 Å². The molecule has 1 unspecified atom stereocenters. The van der Waals surface area contributed by atoms with Gasteiger partial charge in [-0.15, -0.1) is 0 Å². The number of aromatic nitrogens is 1. The van der Waals surface area contributed by atoms with Gasteiger partial charge in [0.1, 0.15) is 22.9 Å². The molecule has 25 heavy (non-hydrogen) atoms. The van der Waals surface area contributed by atoms with E-state index in [1.165, 1.54) is 0 Å². The van der Waals surface area contributed by atoms with Crippen LogP contribution < -0.4 is 10.1 Å². The molecular weight excluding hydrogens is 316 g/mol. The highest BCUT2D eigenvalue weighted by molar-refractivity contribution is 5.39. The Morgan fingerprint density at radius 1 is 1.24 bits per heavy atom. The second kappa shape index (κ2) is 7.51. The summed E-state index contributed by atoms with van der Waals surface area (Å²) in [7, 11) is 0. The third-order valence-electron chi connectivity index (χ3n) is 3.95. The number of nitrogens with zero attached hydrogens (tertiary/aromatic N) is 1. The van der Waals surface area contributed by atoms with Gasteiger partial charge in [0.05, 0.1) is 12.5 Å². The van der Waals surface area contributed by atoms with E-state index in [1.54, 1.807) is 37.7 Å². The van der Waals surface area contributed by atoms with Gasteiger partial charge in [-0.2, -0.15) is 0 Å². The maximum Gasteiger partial charge on any atom is 0.145 e. The fourth-order valence-corrected chi connectivity index (χ4v) is 2.59. The molecular formula is C20H22N2O3. The molecule has 2 N–H and O–H groups in total. The first-order chi connectivity index (χ1) is 12.0. The zero-order chi connectivity index (χ0) is 17.7. The molecule has 1 aromatic carbocycles. The van der Waals surface area contributed by atoms with E-state index in [-0.39, 0.29) is 0 Å². The Hall–Kier alpha value is -2.63. The van der Waals surface area contributed by atoms with Gasteiger partial charge in [0.15, 0.2) is 0 Å². The van der Waals surface area contributed by atoms with E-state index in [1.807, 2.05) is 31.2 Å². The molecule has 0 aliphatic carbocycles. The second-order valence-electron chi connectivity index (χ2n) is 6.25. The van der Waals surface area contributed by atoms with Crippen molar-refractivity contribution in [2.45, 2.75) is 26.0 Å². The molecule has 0 fully saturated rings. The number of rotatable bonds is 7. The van der Waals surface area contributed by atoms with E-state index in [4.69, 9.17) is 9.15 Å². The maximum atomic E-state index is 10.4. The molecule has 1 atom stereocenters.